The van der Waals surface area contributed by atoms with Gasteiger partial charge in [0.05, 0.1) is 11.5 Å². The van der Waals surface area contributed by atoms with E-state index < -0.39 is 10.8 Å². The zero-order valence-electron chi connectivity index (χ0n) is 17.2. The van der Waals surface area contributed by atoms with E-state index >= 15 is 0 Å². The first-order valence-electron chi connectivity index (χ1n) is 10.3. The zero-order chi connectivity index (χ0) is 21.5. The highest BCUT2D eigenvalue weighted by Gasteiger charge is 2.23. The minimum atomic E-state index is -0.515. The third-order valence-electron chi connectivity index (χ3n) is 5.72. The molecular formula is C23H27N3O4. The average Bonchev–Trinajstić information content (AvgIpc) is 2.77. The average molecular weight is 409 g/mol. The van der Waals surface area contributed by atoms with Gasteiger partial charge >= 0.3 is 0 Å². The molecule has 0 aromatic heterocycles. The molecule has 1 aliphatic heterocycles. The molecule has 2 aromatic carbocycles. The quantitative estimate of drug-likeness (QED) is 0.559. The smallest absolute Gasteiger partial charge is 0.273 e. The van der Waals surface area contributed by atoms with Crippen LogP contribution in [0.25, 0.3) is 0 Å². The van der Waals surface area contributed by atoms with Gasteiger partial charge in [-0.15, -0.1) is 0 Å². The molecular weight excluding hydrogens is 382 g/mol. The fourth-order valence-electron chi connectivity index (χ4n) is 3.80. The number of nitrogens with one attached hydrogen (secondary N) is 1. The lowest BCUT2D eigenvalue weighted by Gasteiger charge is -2.32. The lowest BCUT2D eigenvalue weighted by molar-refractivity contribution is -0.385. The van der Waals surface area contributed by atoms with E-state index in [1.165, 1.54) is 23.8 Å². The predicted molar refractivity (Wildman–Crippen MR) is 114 cm³/mol. The summed E-state index contributed by atoms with van der Waals surface area (Å²) >= 11 is 0. The number of nitro groups is 1. The molecule has 0 saturated carbocycles. The summed E-state index contributed by atoms with van der Waals surface area (Å²) in [6, 6.07) is 14.7. The minimum Gasteiger partial charge on any atom is -0.343 e. The molecule has 0 radical (unpaired) electrons. The van der Waals surface area contributed by atoms with Crippen molar-refractivity contribution in [3.8, 4) is 0 Å². The second-order valence-corrected chi connectivity index (χ2v) is 7.79. The van der Waals surface area contributed by atoms with Gasteiger partial charge in [-0.2, -0.15) is 0 Å². The molecule has 1 heterocycles. The van der Waals surface area contributed by atoms with E-state index in [9.17, 15) is 19.7 Å². The van der Waals surface area contributed by atoms with Gasteiger partial charge < -0.3 is 10.2 Å². The highest BCUT2D eigenvalue weighted by atomic mass is 16.6. The molecule has 0 unspecified atom stereocenters. The molecule has 0 spiro atoms. The number of piperidine rings is 1. The standard InChI is InChI=1S/C23H27N3O4/c1-17-7-10-20(15-21(17)26(29)30)23(28)24-16-22(27)25-13-11-19(12-14-25)9-8-18-5-3-2-4-6-18/h2-7,10,15,19H,8-9,11-14,16H2,1H3,(H,24,28). The molecule has 0 bridgehead atoms. The van der Waals surface area contributed by atoms with Gasteiger partial charge in [0.2, 0.25) is 5.91 Å². The summed E-state index contributed by atoms with van der Waals surface area (Å²) in [5.74, 6) is 0.00706. The molecule has 1 aliphatic rings. The largest absolute Gasteiger partial charge is 0.343 e. The first kappa shape index (κ1) is 21.5. The fraction of sp³-hybridized carbons (Fsp3) is 0.391. The summed E-state index contributed by atoms with van der Waals surface area (Å²) in [7, 11) is 0. The van der Waals surface area contributed by atoms with Crippen molar-refractivity contribution in [3.05, 3.63) is 75.3 Å². The summed E-state index contributed by atoms with van der Waals surface area (Å²) in [6.45, 7) is 2.91. The van der Waals surface area contributed by atoms with Gasteiger partial charge in [0.25, 0.3) is 11.6 Å². The van der Waals surface area contributed by atoms with Crippen LogP contribution >= 0.6 is 0 Å². The van der Waals surface area contributed by atoms with Gasteiger partial charge in [-0.05, 0) is 50.2 Å². The third kappa shape index (κ3) is 5.65. The highest BCUT2D eigenvalue weighted by molar-refractivity contribution is 5.97. The van der Waals surface area contributed by atoms with Crippen LogP contribution in [-0.2, 0) is 11.2 Å². The highest BCUT2D eigenvalue weighted by Crippen LogP contribution is 2.23. The van der Waals surface area contributed by atoms with Gasteiger partial charge in [-0.1, -0.05) is 36.4 Å². The summed E-state index contributed by atoms with van der Waals surface area (Å²) < 4.78 is 0. The van der Waals surface area contributed by atoms with Gasteiger partial charge in [0, 0.05) is 30.3 Å². The number of rotatable bonds is 7. The number of nitrogens with zero attached hydrogens (tertiary/aromatic N) is 2. The Morgan fingerprint density at radius 2 is 1.83 bits per heavy atom. The van der Waals surface area contributed by atoms with Crippen LogP contribution in [0.1, 0.15) is 40.7 Å². The number of nitro benzene ring substituents is 1. The van der Waals surface area contributed by atoms with E-state index in [4.69, 9.17) is 0 Å². The van der Waals surface area contributed by atoms with Gasteiger partial charge in [0.15, 0.2) is 0 Å². The van der Waals surface area contributed by atoms with Crippen LogP contribution in [0, 0.1) is 23.0 Å². The molecule has 7 heteroatoms. The van der Waals surface area contributed by atoms with Gasteiger partial charge in [-0.3, -0.25) is 19.7 Å². The number of hydrogen-bond acceptors (Lipinski definition) is 4. The lowest BCUT2D eigenvalue weighted by Crippen LogP contribution is -2.44. The Balaban J connectivity index is 1.43. The van der Waals surface area contributed by atoms with Crippen LogP contribution in [0.4, 0.5) is 5.69 Å². The van der Waals surface area contributed by atoms with E-state index in [1.54, 1.807) is 11.8 Å². The maximum atomic E-state index is 12.5. The third-order valence-corrected chi connectivity index (χ3v) is 5.72. The van der Waals surface area contributed by atoms with Crippen molar-refractivity contribution >= 4 is 17.5 Å². The predicted octanol–water partition coefficient (Wildman–Crippen LogP) is 3.50. The second-order valence-electron chi connectivity index (χ2n) is 7.79. The number of aryl methyl sites for hydroxylation is 2. The van der Waals surface area contributed by atoms with Crippen molar-refractivity contribution in [1.29, 1.82) is 0 Å². The Hall–Kier alpha value is -3.22. The van der Waals surface area contributed by atoms with E-state index in [2.05, 4.69) is 29.6 Å². The van der Waals surface area contributed by atoms with Crippen LogP contribution in [0.5, 0.6) is 0 Å². The van der Waals surface area contributed by atoms with Crippen molar-refractivity contribution in [2.24, 2.45) is 5.92 Å². The van der Waals surface area contributed by atoms with Crippen LogP contribution in [0.2, 0.25) is 0 Å². The van der Waals surface area contributed by atoms with Crippen molar-refractivity contribution in [3.63, 3.8) is 0 Å². The summed E-state index contributed by atoms with van der Waals surface area (Å²) in [6.07, 6.45) is 4.11. The SMILES string of the molecule is Cc1ccc(C(=O)NCC(=O)N2CCC(CCc3ccccc3)CC2)cc1[N+](=O)[O-]. The van der Waals surface area contributed by atoms with E-state index in [0.717, 1.165) is 25.7 Å². The lowest BCUT2D eigenvalue weighted by atomic mass is 9.90. The number of hydrogen-bond donors (Lipinski definition) is 1. The Morgan fingerprint density at radius 1 is 1.13 bits per heavy atom. The van der Waals surface area contributed by atoms with E-state index in [1.807, 2.05) is 6.07 Å². The molecule has 7 nitrogen and oxygen atoms in total. The molecule has 2 aromatic rings. The van der Waals surface area contributed by atoms with Crippen molar-refractivity contribution in [1.82, 2.24) is 10.2 Å². The Kier molecular flexibility index (Phi) is 7.17. The summed E-state index contributed by atoms with van der Waals surface area (Å²) in [5, 5.41) is 13.6. The molecule has 158 valence electrons. The summed E-state index contributed by atoms with van der Waals surface area (Å²) in [4.78, 5) is 37.0. The minimum absolute atomic E-state index is 0.102. The van der Waals surface area contributed by atoms with E-state index in [0.29, 0.717) is 24.6 Å². The van der Waals surface area contributed by atoms with Crippen molar-refractivity contribution in [2.45, 2.75) is 32.6 Å². The Morgan fingerprint density at radius 3 is 2.50 bits per heavy atom. The first-order chi connectivity index (χ1) is 14.4. The van der Waals surface area contributed by atoms with Crippen molar-refractivity contribution in [2.75, 3.05) is 19.6 Å². The first-order valence-corrected chi connectivity index (χ1v) is 10.3. The second kappa shape index (κ2) is 10.0. The summed E-state index contributed by atoms with van der Waals surface area (Å²) in [5.41, 5.74) is 1.91. The number of carbonyl (C=O) groups is 2. The maximum absolute atomic E-state index is 12.5. The molecule has 1 fully saturated rings. The molecule has 0 atom stereocenters. The van der Waals surface area contributed by atoms with Gasteiger partial charge in [0.1, 0.15) is 0 Å². The maximum Gasteiger partial charge on any atom is 0.273 e. The number of carbonyl (C=O) groups excluding carboxylic acids is 2. The van der Waals surface area contributed by atoms with Crippen LogP contribution in [-0.4, -0.2) is 41.3 Å². The molecule has 2 amide bonds. The monoisotopic (exact) mass is 409 g/mol. The fourth-order valence-corrected chi connectivity index (χ4v) is 3.80. The normalized spacial score (nSPS) is 14.4. The zero-order valence-corrected chi connectivity index (χ0v) is 17.2. The number of amides is 2. The topological polar surface area (TPSA) is 92.6 Å². The van der Waals surface area contributed by atoms with Crippen LogP contribution < -0.4 is 5.32 Å². The van der Waals surface area contributed by atoms with E-state index in [-0.39, 0.29) is 23.7 Å². The Labute approximate surface area is 176 Å². The Bertz CT molecular complexity index is 906. The van der Waals surface area contributed by atoms with Crippen LogP contribution in [0.15, 0.2) is 48.5 Å². The van der Waals surface area contributed by atoms with Crippen LogP contribution in [0.3, 0.4) is 0 Å². The van der Waals surface area contributed by atoms with Crippen molar-refractivity contribution < 1.29 is 14.5 Å². The van der Waals surface area contributed by atoms with Gasteiger partial charge in [-0.25, -0.2) is 0 Å². The molecule has 0 aliphatic carbocycles. The molecule has 1 N–H and O–H groups in total. The molecule has 1 saturated heterocycles. The molecule has 30 heavy (non-hydrogen) atoms. The number of benzene rings is 2. The molecule has 3 rings (SSSR count). The number of likely N-dealkylation sites (tertiary alicyclic amines) is 1.